The highest BCUT2D eigenvalue weighted by Crippen LogP contribution is 2.28. The first-order chi connectivity index (χ1) is 12.2. The zero-order valence-corrected chi connectivity index (χ0v) is 14.2. The largest absolute Gasteiger partial charge is 0.352 e. The van der Waals surface area contributed by atoms with Gasteiger partial charge in [-0.05, 0) is 44.7 Å². The van der Waals surface area contributed by atoms with Gasteiger partial charge in [0.2, 0.25) is 5.91 Å². The van der Waals surface area contributed by atoms with E-state index in [9.17, 15) is 4.79 Å². The molecule has 1 saturated carbocycles. The van der Waals surface area contributed by atoms with Crippen LogP contribution >= 0.6 is 0 Å². The Hall–Kier alpha value is -2.70. The first-order valence-corrected chi connectivity index (χ1v) is 8.78. The molecule has 130 valence electrons. The van der Waals surface area contributed by atoms with E-state index in [1.165, 1.54) is 0 Å². The second-order valence-corrected chi connectivity index (χ2v) is 6.74. The Morgan fingerprint density at radius 1 is 1.12 bits per heavy atom. The minimum Gasteiger partial charge on any atom is -0.352 e. The van der Waals surface area contributed by atoms with Gasteiger partial charge in [-0.3, -0.25) is 4.79 Å². The molecule has 1 atom stereocenters. The molecule has 7 heteroatoms. The van der Waals surface area contributed by atoms with Crippen LogP contribution in [-0.2, 0) is 4.79 Å². The van der Waals surface area contributed by atoms with Gasteiger partial charge in [-0.15, -0.1) is 10.2 Å². The Balaban J connectivity index is 1.37. The maximum absolute atomic E-state index is 12.7. The molecule has 0 spiro atoms. The molecule has 2 heterocycles. The Labute approximate surface area is 146 Å². The van der Waals surface area contributed by atoms with Crippen LogP contribution in [0.4, 0.5) is 0 Å². The molecule has 0 aliphatic heterocycles. The van der Waals surface area contributed by atoms with Crippen LogP contribution in [0, 0.1) is 0 Å². The number of hydrogen-bond acceptors (Lipinski definition) is 4. The minimum absolute atomic E-state index is 0.0518. The fraction of sp³-hybridized carbons (Fsp3) is 0.444. The van der Waals surface area contributed by atoms with Crippen LogP contribution in [0.3, 0.4) is 0 Å². The molecule has 4 rings (SSSR count). The summed E-state index contributed by atoms with van der Waals surface area (Å²) in [6.45, 7) is 1.92. The number of carbonyl (C=O) groups is 1. The van der Waals surface area contributed by atoms with Crippen LogP contribution in [0.1, 0.15) is 44.7 Å². The fourth-order valence-electron chi connectivity index (χ4n) is 3.65. The van der Waals surface area contributed by atoms with Crippen LogP contribution in [0.2, 0.25) is 0 Å². The summed E-state index contributed by atoms with van der Waals surface area (Å²) < 4.78 is 4.01. The second-order valence-electron chi connectivity index (χ2n) is 6.74. The summed E-state index contributed by atoms with van der Waals surface area (Å²) in [5.41, 5.74) is 1.90. The fourth-order valence-corrected chi connectivity index (χ4v) is 3.65. The average molecular weight is 338 g/mol. The number of para-hydroxylation sites is 2. The van der Waals surface area contributed by atoms with Crippen molar-refractivity contribution in [1.82, 2.24) is 29.6 Å². The monoisotopic (exact) mass is 338 g/mol. The lowest BCUT2D eigenvalue weighted by Gasteiger charge is -2.30. The lowest BCUT2D eigenvalue weighted by Crippen LogP contribution is -2.41. The van der Waals surface area contributed by atoms with E-state index in [4.69, 9.17) is 0 Å². The number of amides is 1. The van der Waals surface area contributed by atoms with E-state index < -0.39 is 0 Å². The van der Waals surface area contributed by atoms with E-state index in [1.807, 2.05) is 35.8 Å². The Morgan fingerprint density at radius 3 is 2.60 bits per heavy atom. The lowest BCUT2D eigenvalue weighted by molar-refractivity contribution is -0.124. The maximum atomic E-state index is 12.7. The summed E-state index contributed by atoms with van der Waals surface area (Å²) in [4.78, 5) is 17.1. The third-order valence-electron chi connectivity index (χ3n) is 5.18. The highest BCUT2D eigenvalue weighted by Gasteiger charge is 2.25. The van der Waals surface area contributed by atoms with Crippen molar-refractivity contribution in [3.05, 3.63) is 43.2 Å². The summed E-state index contributed by atoms with van der Waals surface area (Å²) in [5, 5.41) is 11.0. The van der Waals surface area contributed by atoms with Gasteiger partial charge in [-0.1, -0.05) is 12.1 Å². The van der Waals surface area contributed by atoms with E-state index in [0.717, 1.165) is 36.7 Å². The number of nitrogens with one attached hydrogen (secondary N) is 1. The molecule has 1 N–H and O–H groups in total. The predicted octanol–water partition coefficient (Wildman–Crippen LogP) is 2.49. The van der Waals surface area contributed by atoms with Crippen molar-refractivity contribution in [3.8, 4) is 0 Å². The van der Waals surface area contributed by atoms with Crippen molar-refractivity contribution < 1.29 is 4.79 Å². The molecule has 1 aliphatic rings. The smallest absolute Gasteiger partial charge is 0.243 e. The molecule has 25 heavy (non-hydrogen) atoms. The van der Waals surface area contributed by atoms with Crippen LogP contribution < -0.4 is 5.32 Å². The first kappa shape index (κ1) is 15.8. The molecule has 2 aromatic heterocycles. The Bertz CT molecular complexity index is 847. The molecule has 7 nitrogen and oxygen atoms in total. The number of imidazole rings is 1. The lowest BCUT2D eigenvalue weighted by atomic mass is 9.91. The molecule has 0 unspecified atom stereocenters. The average Bonchev–Trinajstić information content (AvgIpc) is 3.31. The zero-order chi connectivity index (χ0) is 17.2. The summed E-state index contributed by atoms with van der Waals surface area (Å²) in [6.07, 6.45) is 9.32. The highest BCUT2D eigenvalue weighted by atomic mass is 16.2. The quantitative estimate of drug-likeness (QED) is 0.793. The number of aromatic nitrogens is 5. The van der Waals surface area contributed by atoms with Crippen LogP contribution in [-0.4, -0.2) is 36.3 Å². The third kappa shape index (κ3) is 3.14. The predicted molar refractivity (Wildman–Crippen MR) is 93.9 cm³/mol. The first-order valence-electron chi connectivity index (χ1n) is 8.78. The van der Waals surface area contributed by atoms with Gasteiger partial charge in [0.05, 0.1) is 17.4 Å². The third-order valence-corrected chi connectivity index (χ3v) is 5.18. The molecule has 0 bridgehead atoms. The van der Waals surface area contributed by atoms with Crippen molar-refractivity contribution in [1.29, 1.82) is 0 Å². The summed E-state index contributed by atoms with van der Waals surface area (Å²) in [5.74, 6) is 0.0518. The Kier molecular flexibility index (Phi) is 4.21. The van der Waals surface area contributed by atoms with E-state index in [0.29, 0.717) is 6.04 Å². The molecule has 0 radical (unpaired) electrons. The molecular formula is C18H22N6O. The Morgan fingerprint density at radius 2 is 1.84 bits per heavy atom. The van der Waals surface area contributed by atoms with Crippen LogP contribution in [0.15, 0.2) is 43.2 Å². The number of fused-ring (bicyclic) bond motifs is 1. The molecule has 1 aromatic carbocycles. The van der Waals surface area contributed by atoms with Crippen LogP contribution in [0.25, 0.3) is 11.0 Å². The van der Waals surface area contributed by atoms with Crippen molar-refractivity contribution in [2.24, 2.45) is 0 Å². The normalized spacial score (nSPS) is 22.0. The van der Waals surface area contributed by atoms with Gasteiger partial charge in [0.1, 0.15) is 18.7 Å². The standard InChI is InChI=1S/C18H22N6O/c1-13(24-10-19-16-4-2-3-5-17(16)24)18(25)22-14-6-8-15(9-7-14)23-11-20-21-12-23/h2-5,10-15H,6-9H2,1H3,(H,22,25)/t13-,14?,15?/m0/s1. The van der Waals surface area contributed by atoms with Crippen molar-refractivity contribution in [2.45, 2.75) is 50.7 Å². The number of hydrogen-bond donors (Lipinski definition) is 1. The van der Waals surface area contributed by atoms with E-state index in [-0.39, 0.29) is 18.0 Å². The van der Waals surface area contributed by atoms with Gasteiger partial charge in [-0.2, -0.15) is 0 Å². The summed E-state index contributed by atoms with van der Waals surface area (Å²) in [7, 11) is 0. The topological polar surface area (TPSA) is 77.6 Å². The van der Waals surface area contributed by atoms with Gasteiger partial charge in [0, 0.05) is 12.1 Å². The van der Waals surface area contributed by atoms with Gasteiger partial charge < -0.3 is 14.5 Å². The summed E-state index contributed by atoms with van der Waals surface area (Å²) in [6, 6.07) is 8.29. The SMILES string of the molecule is C[C@@H](C(=O)NC1CCC(n2cnnc2)CC1)n1cnc2ccccc21. The van der Waals surface area contributed by atoms with Crippen molar-refractivity contribution in [3.63, 3.8) is 0 Å². The van der Waals surface area contributed by atoms with Gasteiger partial charge >= 0.3 is 0 Å². The zero-order valence-electron chi connectivity index (χ0n) is 14.2. The van der Waals surface area contributed by atoms with E-state index >= 15 is 0 Å². The molecule has 3 aromatic rings. The van der Waals surface area contributed by atoms with Crippen molar-refractivity contribution >= 4 is 16.9 Å². The van der Waals surface area contributed by atoms with Gasteiger partial charge in [0.15, 0.2) is 0 Å². The maximum Gasteiger partial charge on any atom is 0.243 e. The van der Waals surface area contributed by atoms with Gasteiger partial charge in [0.25, 0.3) is 0 Å². The van der Waals surface area contributed by atoms with Gasteiger partial charge in [-0.25, -0.2) is 4.98 Å². The molecule has 1 amide bonds. The van der Waals surface area contributed by atoms with E-state index in [2.05, 4.69) is 25.1 Å². The highest BCUT2D eigenvalue weighted by molar-refractivity contribution is 5.83. The number of rotatable bonds is 4. The molecule has 0 saturated heterocycles. The number of benzene rings is 1. The molecular weight excluding hydrogens is 316 g/mol. The summed E-state index contributed by atoms with van der Waals surface area (Å²) >= 11 is 0. The number of nitrogens with zero attached hydrogens (tertiary/aromatic N) is 5. The van der Waals surface area contributed by atoms with Crippen LogP contribution in [0.5, 0.6) is 0 Å². The second kappa shape index (κ2) is 6.66. The molecule has 1 aliphatic carbocycles. The number of carbonyl (C=O) groups excluding carboxylic acids is 1. The minimum atomic E-state index is -0.275. The van der Waals surface area contributed by atoms with E-state index in [1.54, 1.807) is 19.0 Å². The molecule has 1 fully saturated rings. The van der Waals surface area contributed by atoms with Crippen molar-refractivity contribution in [2.75, 3.05) is 0 Å².